The number of piperidine rings is 1. The number of carbonyl (C=O) groups excluding carboxylic acids is 1. The summed E-state index contributed by atoms with van der Waals surface area (Å²) >= 11 is 0. The minimum Gasteiger partial charge on any atom is -0.373 e. The molecule has 4 rings (SSSR count). The molecule has 3 heterocycles. The SMILES string of the molecule is CNc1nc(C2CCCNC2)nc2c1CN(CC(=O)Nc1ccc(F)cc1)CC2. The van der Waals surface area contributed by atoms with E-state index in [1.54, 1.807) is 12.1 Å². The Kier molecular flexibility index (Phi) is 6.01. The molecule has 0 saturated carbocycles. The molecule has 1 aromatic heterocycles. The van der Waals surface area contributed by atoms with Gasteiger partial charge in [0.15, 0.2) is 0 Å². The van der Waals surface area contributed by atoms with E-state index in [4.69, 9.17) is 9.97 Å². The maximum Gasteiger partial charge on any atom is 0.238 e. The van der Waals surface area contributed by atoms with Gasteiger partial charge in [-0.25, -0.2) is 14.4 Å². The highest BCUT2D eigenvalue weighted by molar-refractivity contribution is 5.92. The molecule has 154 valence electrons. The van der Waals surface area contributed by atoms with Crippen LogP contribution in [0.3, 0.4) is 0 Å². The van der Waals surface area contributed by atoms with Gasteiger partial charge in [-0.3, -0.25) is 9.69 Å². The number of nitrogens with zero attached hydrogens (tertiary/aromatic N) is 3. The minimum atomic E-state index is -0.321. The summed E-state index contributed by atoms with van der Waals surface area (Å²) in [6.07, 6.45) is 3.06. The molecule has 0 spiro atoms. The first-order valence-corrected chi connectivity index (χ1v) is 10.2. The van der Waals surface area contributed by atoms with Crippen LogP contribution in [-0.2, 0) is 17.8 Å². The van der Waals surface area contributed by atoms with Gasteiger partial charge in [0.05, 0.1) is 12.2 Å². The number of anilines is 2. The monoisotopic (exact) mass is 398 g/mol. The van der Waals surface area contributed by atoms with Gasteiger partial charge in [-0.15, -0.1) is 0 Å². The molecule has 0 aliphatic carbocycles. The fourth-order valence-corrected chi connectivity index (χ4v) is 4.02. The van der Waals surface area contributed by atoms with E-state index in [0.717, 1.165) is 61.8 Å². The van der Waals surface area contributed by atoms with E-state index in [2.05, 4.69) is 20.9 Å². The van der Waals surface area contributed by atoms with Crippen molar-refractivity contribution < 1.29 is 9.18 Å². The molecular formula is C21H27FN6O. The van der Waals surface area contributed by atoms with Crippen molar-refractivity contribution in [3.63, 3.8) is 0 Å². The fraction of sp³-hybridized carbons (Fsp3) is 0.476. The van der Waals surface area contributed by atoms with E-state index in [-0.39, 0.29) is 18.3 Å². The van der Waals surface area contributed by atoms with Crippen LogP contribution in [0.1, 0.15) is 35.8 Å². The van der Waals surface area contributed by atoms with Crippen LogP contribution in [0.5, 0.6) is 0 Å². The second kappa shape index (κ2) is 8.84. The van der Waals surface area contributed by atoms with E-state index in [0.29, 0.717) is 18.2 Å². The summed E-state index contributed by atoms with van der Waals surface area (Å²) < 4.78 is 13.0. The molecule has 2 aliphatic rings. The summed E-state index contributed by atoms with van der Waals surface area (Å²) in [4.78, 5) is 24.2. The quantitative estimate of drug-likeness (QED) is 0.716. The van der Waals surface area contributed by atoms with Crippen molar-refractivity contribution in [1.82, 2.24) is 20.2 Å². The normalized spacial score (nSPS) is 19.4. The molecule has 0 radical (unpaired) electrons. The number of rotatable bonds is 5. The summed E-state index contributed by atoms with van der Waals surface area (Å²) in [6.45, 7) is 3.67. The van der Waals surface area contributed by atoms with Gasteiger partial charge in [-0.05, 0) is 43.7 Å². The molecule has 1 atom stereocenters. The van der Waals surface area contributed by atoms with Crippen LogP contribution in [0.4, 0.5) is 15.9 Å². The Bertz CT molecular complexity index is 849. The Morgan fingerprint density at radius 2 is 2.14 bits per heavy atom. The van der Waals surface area contributed by atoms with Crippen LogP contribution in [-0.4, -0.2) is 54.0 Å². The number of hydrogen-bond acceptors (Lipinski definition) is 6. The zero-order chi connectivity index (χ0) is 20.2. The maximum atomic E-state index is 13.0. The largest absolute Gasteiger partial charge is 0.373 e. The van der Waals surface area contributed by atoms with Crippen molar-refractivity contribution in [3.8, 4) is 0 Å². The summed E-state index contributed by atoms with van der Waals surface area (Å²) in [6, 6.07) is 5.80. The smallest absolute Gasteiger partial charge is 0.238 e. The Balaban J connectivity index is 1.43. The predicted molar refractivity (Wildman–Crippen MR) is 110 cm³/mol. The zero-order valence-corrected chi connectivity index (χ0v) is 16.7. The third-order valence-corrected chi connectivity index (χ3v) is 5.55. The average Bonchev–Trinajstić information content (AvgIpc) is 2.75. The van der Waals surface area contributed by atoms with Crippen molar-refractivity contribution in [2.45, 2.75) is 31.7 Å². The minimum absolute atomic E-state index is 0.114. The van der Waals surface area contributed by atoms with Gasteiger partial charge < -0.3 is 16.0 Å². The first-order valence-electron chi connectivity index (χ1n) is 10.2. The lowest BCUT2D eigenvalue weighted by atomic mass is 9.97. The molecule has 3 N–H and O–H groups in total. The summed E-state index contributed by atoms with van der Waals surface area (Å²) in [5.74, 6) is 1.71. The first-order chi connectivity index (χ1) is 14.1. The molecular weight excluding hydrogens is 371 g/mol. The molecule has 7 nitrogen and oxygen atoms in total. The Morgan fingerprint density at radius 3 is 2.86 bits per heavy atom. The number of aromatic nitrogens is 2. The van der Waals surface area contributed by atoms with Crippen molar-refractivity contribution >= 4 is 17.4 Å². The Hall–Kier alpha value is -2.58. The second-order valence-corrected chi connectivity index (χ2v) is 7.66. The highest BCUT2D eigenvalue weighted by atomic mass is 19.1. The topological polar surface area (TPSA) is 82.2 Å². The van der Waals surface area contributed by atoms with Gasteiger partial charge in [0.1, 0.15) is 17.5 Å². The molecule has 2 aliphatic heterocycles. The van der Waals surface area contributed by atoms with Gasteiger partial charge in [0.25, 0.3) is 0 Å². The zero-order valence-electron chi connectivity index (χ0n) is 16.7. The van der Waals surface area contributed by atoms with Crippen LogP contribution in [0, 0.1) is 5.82 Å². The lowest BCUT2D eigenvalue weighted by Crippen LogP contribution is -2.38. The van der Waals surface area contributed by atoms with Crippen LogP contribution in [0.2, 0.25) is 0 Å². The van der Waals surface area contributed by atoms with Crippen molar-refractivity contribution in [2.75, 3.05) is 43.9 Å². The Morgan fingerprint density at radius 1 is 1.31 bits per heavy atom. The number of fused-ring (bicyclic) bond motifs is 1. The van der Waals surface area contributed by atoms with Crippen LogP contribution in [0.25, 0.3) is 0 Å². The van der Waals surface area contributed by atoms with Gasteiger partial charge in [-0.2, -0.15) is 0 Å². The van der Waals surface area contributed by atoms with Gasteiger partial charge in [0.2, 0.25) is 5.91 Å². The molecule has 1 saturated heterocycles. The first kappa shape index (κ1) is 19.7. The second-order valence-electron chi connectivity index (χ2n) is 7.66. The van der Waals surface area contributed by atoms with Gasteiger partial charge >= 0.3 is 0 Å². The van der Waals surface area contributed by atoms with Crippen molar-refractivity contribution in [2.24, 2.45) is 0 Å². The highest BCUT2D eigenvalue weighted by Crippen LogP contribution is 2.28. The molecule has 8 heteroatoms. The van der Waals surface area contributed by atoms with E-state index in [1.165, 1.54) is 12.1 Å². The molecule has 2 aromatic rings. The number of halogens is 1. The number of amides is 1. The molecule has 29 heavy (non-hydrogen) atoms. The van der Waals surface area contributed by atoms with Gasteiger partial charge in [0, 0.05) is 50.3 Å². The molecule has 1 aromatic carbocycles. The van der Waals surface area contributed by atoms with Crippen LogP contribution < -0.4 is 16.0 Å². The average molecular weight is 398 g/mol. The van der Waals surface area contributed by atoms with E-state index in [9.17, 15) is 9.18 Å². The summed E-state index contributed by atoms with van der Waals surface area (Å²) in [5.41, 5.74) is 2.75. The lowest BCUT2D eigenvalue weighted by Gasteiger charge is -2.30. The van der Waals surface area contributed by atoms with Crippen LogP contribution >= 0.6 is 0 Å². The summed E-state index contributed by atoms with van der Waals surface area (Å²) in [7, 11) is 1.88. The lowest BCUT2D eigenvalue weighted by molar-refractivity contribution is -0.117. The number of nitrogens with one attached hydrogen (secondary N) is 3. The summed E-state index contributed by atoms with van der Waals surface area (Å²) in [5, 5.41) is 9.47. The standard InChI is InChI=1S/C21H27FN6O/c1-23-21-17-12-28(13-19(29)25-16-6-4-15(22)5-7-16)10-8-18(17)26-20(27-21)14-3-2-9-24-11-14/h4-7,14,24H,2-3,8-13H2,1H3,(H,25,29)(H,23,26,27). The number of carbonyl (C=O) groups is 1. The molecule has 1 fully saturated rings. The number of hydrogen-bond donors (Lipinski definition) is 3. The van der Waals surface area contributed by atoms with Crippen molar-refractivity contribution in [3.05, 3.63) is 47.2 Å². The van der Waals surface area contributed by atoms with E-state index >= 15 is 0 Å². The number of benzene rings is 1. The predicted octanol–water partition coefficient (Wildman–Crippen LogP) is 2.12. The molecule has 1 unspecified atom stereocenters. The van der Waals surface area contributed by atoms with E-state index < -0.39 is 0 Å². The third-order valence-electron chi connectivity index (χ3n) is 5.55. The molecule has 0 bridgehead atoms. The van der Waals surface area contributed by atoms with Crippen LogP contribution in [0.15, 0.2) is 24.3 Å². The maximum absolute atomic E-state index is 13.0. The van der Waals surface area contributed by atoms with Gasteiger partial charge in [-0.1, -0.05) is 0 Å². The third kappa shape index (κ3) is 4.71. The highest BCUT2D eigenvalue weighted by Gasteiger charge is 2.26. The molecule has 1 amide bonds. The Labute approximate surface area is 170 Å². The van der Waals surface area contributed by atoms with E-state index in [1.807, 2.05) is 7.05 Å². The fourth-order valence-electron chi connectivity index (χ4n) is 4.02. The van der Waals surface area contributed by atoms with Crippen molar-refractivity contribution in [1.29, 1.82) is 0 Å².